The highest BCUT2D eigenvalue weighted by atomic mass is 32.2. The molecular weight excluding hydrogens is 240 g/mol. The Bertz CT molecular complexity index is 660. The van der Waals surface area contributed by atoms with E-state index >= 15 is 0 Å². The molecule has 0 amide bonds. The minimum absolute atomic E-state index is 0.610. The summed E-state index contributed by atoms with van der Waals surface area (Å²) in [6.07, 6.45) is 1.59. The Labute approximate surface area is 99.0 Å². The zero-order valence-electron chi connectivity index (χ0n) is 9.29. The van der Waals surface area contributed by atoms with Gasteiger partial charge in [-0.05, 0) is 18.2 Å². The molecule has 0 unspecified atom stereocenters. The van der Waals surface area contributed by atoms with Gasteiger partial charge in [0.25, 0.3) is 0 Å². The van der Waals surface area contributed by atoms with E-state index in [9.17, 15) is 8.42 Å². The Kier molecular flexibility index (Phi) is 2.14. The van der Waals surface area contributed by atoms with Crippen LogP contribution < -0.4 is 4.31 Å². The van der Waals surface area contributed by atoms with E-state index in [0.29, 0.717) is 18.8 Å². The Morgan fingerprint density at radius 2 is 2.18 bits per heavy atom. The maximum absolute atomic E-state index is 12.0. The highest BCUT2D eigenvalue weighted by Gasteiger charge is 2.35. The summed E-state index contributed by atoms with van der Waals surface area (Å²) < 4.78 is 26.7. The van der Waals surface area contributed by atoms with E-state index in [2.05, 4.69) is 9.97 Å². The van der Waals surface area contributed by atoms with Crippen LogP contribution in [0.3, 0.4) is 0 Å². The molecule has 17 heavy (non-hydrogen) atoms. The molecule has 1 fully saturated rings. The lowest BCUT2D eigenvalue weighted by Crippen LogP contribution is -2.32. The van der Waals surface area contributed by atoms with Gasteiger partial charge in [0.1, 0.15) is 0 Å². The van der Waals surface area contributed by atoms with Crippen LogP contribution >= 0.6 is 0 Å². The predicted octanol–water partition coefficient (Wildman–Crippen LogP) is 0.559. The average molecular weight is 252 g/mol. The number of H-pyrrole nitrogens is 1. The summed E-state index contributed by atoms with van der Waals surface area (Å²) in [6, 6.07) is 5.34. The predicted molar refractivity (Wildman–Crippen MR) is 65.0 cm³/mol. The van der Waals surface area contributed by atoms with E-state index in [1.165, 1.54) is 8.61 Å². The molecule has 0 radical (unpaired) electrons. The van der Waals surface area contributed by atoms with Gasteiger partial charge in [-0.15, -0.1) is 0 Å². The van der Waals surface area contributed by atoms with Crippen LogP contribution in [0.15, 0.2) is 24.5 Å². The number of anilines is 1. The smallest absolute Gasteiger partial charge is 0.303 e. The maximum Gasteiger partial charge on any atom is 0.303 e. The lowest BCUT2D eigenvalue weighted by Gasteiger charge is -2.19. The van der Waals surface area contributed by atoms with Crippen molar-refractivity contribution in [1.29, 1.82) is 0 Å². The van der Waals surface area contributed by atoms with Gasteiger partial charge in [-0.1, -0.05) is 0 Å². The van der Waals surface area contributed by atoms with Gasteiger partial charge in [0, 0.05) is 20.1 Å². The zero-order chi connectivity index (χ0) is 12.0. The summed E-state index contributed by atoms with van der Waals surface area (Å²) in [6.45, 7) is 1.22. The summed E-state index contributed by atoms with van der Waals surface area (Å²) in [7, 11) is -1.78. The van der Waals surface area contributed by atoms with Crippen LogP contribution in [0.25, 0.3) is 11.0 Å². The molecule has 0 atom stereocenters. The van der Waals surface area contributed by atoms with Gasteiger partial charge < -0.3 is 4.98 Å². The fourth-order valence-electron chi connectivity index (χ4n) is 1.70. The van der Waals surface area contributed by atoms with Crippen LogP contribution in [0.4, 0.5) is 5.69 Å². The molecule has 1 aliphatic rings. The van der Waals surface area contributed by atoms with Crippen LogP contribution in [0.2, 0.25) is 0 Å². The number of benzene rings is 1. The third-order valence-electron chi connectivity index (χ3n) is 2.85. The van der Waals surface area contributed by atoms with Crippen molar-refractivity contribution in [3.05, 3.63) is 24.5 Å². The Morgan fingerprint density at radius 1 is 1.41 bits per heavy atom. The molecule has 90 valence electrons. The number of aromatic nitrogens is 2. The zero-order valence-corrected chi connectivity index (χ0v) is 10.1. The van der Waals surface area contributed by atoms with Gasteiger partial charge in [-0.25, -0.2) is 4.98 Å². The number of aromatic amines is 1. The van der Waals surface area contributed by atoms with Crippen molar-refractivity contribution in [2.75, 3.05) is 24.4 Å². The van der Waals surface area contributed by atoms with Gasteiger partial charge >= 0.3 is 10.2 Å². The normalized spacial score (nSPS) is 16.3. The Balaban J connectivity index is 2.02. The Hall–Kier alpha value is -1.60. The van der Waals surface area contributed by atoms with Gasteiger partial charge in [0.15, 0.2) is 0 Å². The van der Waals surface area contributed by atoms with Crippen molar-refractivity contribution >= 4 is 26.9 Å². The molecule has 0 saturated carbocycles. The molecule has 1 aliphatic heterocycles. The molecule has 7 heteroatoms. The van der Waals surface area contributed by atoms with Crippen molar-refractivity contribution < 1.29 is 8.42 Å². The number of nitrogens with one attached hydrogen (secondary N) is 1. The summed E-state index contributed by atoms with van der Waals surface area (Å²) in [5, 5.41) is 0. The van der Waals surface area contributed by atoms with E-state index in [4.69, 9.17) is 0 Å². The first-order valence-electron chi connectivity index (χ1n) is 5.26. The highest BCUT2D eigenvalue weighted by Crippen LogP contribution is 2.24. The third-order valence-corrected chi connectivity index (χ3v) is 4.77. The molecule has 1 saturated heterocycles. The summed E-state index contributed by atoms with van der Waals surface area (Å²) in [4.78, 5) is 7.06. The van der Waals surface area contributed by atoms with E-state index < -0.39 is 10.2 Å². The minimum Gasteiger partial charge on any atom is -0.345 e. The van der Waals surface area contributed by atoms with E-state index in [-0.39, 0.29) is 0 Å². The van der Waals surface area contributed by atoms with Gasteiger partial charge in [-0.2, -0.15) is 12.7 Å². The third kappa shape index (κ3) is 1.67. The standard InChI is InChI=1S/C10H12N4O2S/c1-13(17(15,16)14-4-5-14)8-2-3-9-10(6-8)12-7-11-9/h2-3,6-7H,4-5H2,1H3,(H,11,12). The second kappa shape index (κ2) is 3.44. The van der Waals surface area contributed by atoms with Crippen molar-refractivity contribution in [3.63, 3.8) is 0 Å². The largest absolute Gasteiger partial charge is 0.345 e. The van der Waals surface area contributed by atoms with Crippen molar-refractivity contribution in [1.82, 2.24) is 14.3 Å². The minimum atomic E-state index is -3.34. The fraction of sp³-hybridized carbons (Fsp3) is 0.300. The van der Waals surface area contributed by atoms with Crippen LogP contribution in [0.5, 0.6) is 0 Å². The van der Waals surface area contributed by atoms with Gasteiger partial charge in [0.05, 0.1) is 23.0 Å². The van der Waals surface area contributed by atoms with E-state index in [1.807, 2.05) is 0 Å². The molecule has 2 aromatic rings. The van der Waals surface area contributed by atoms with Crippen molar-refractivity contribution in [2.24, 2.45) is 0 Å². The van der Waals surface area contributed by atoms with Crippen LogP contribution in [0, 0.1) is 0 Å². The monoisotopic (exact) mass is 252 g/mol. The number of nitrogens with zero attached hydrogens (tertiary/aromatic N) is 3. The first-order valence-corrected chi connectivity index (χ1v) is 6.66. The molecule has 1 aromatic carbocycles. The molecule has 0 bridgehead atoms. The number of rotatable bonds is 3. The molecule has 1 N–H and O–H groups in total. The van der Waals surface area contributed by atoms with Crippen LogP contribution in [-0.2, 0) is 10.2 Å². The first kappa shape index (κ1) is 10.5. The second-order valence-electron chi connectivity index (χ2n) is 3.98. The van der Waals surface area contributed by atoms with E-state index in [0.717, 1.165) is 11.0 Å². The molecule has 3 rings (SSSR count). The van der Waals surface area contributed by atoms with Gasteiger partial charge in [-0.3, -0.25) is 4.31 Å². The molecule has 2 heterocycles. The molecule has 0 aliphatic carbocycles. The molecule has 6 nitrogen and oxygen atoms in total. The summed E-state index contributed by atoms with van der Waals surface area (Å²) in [5.41, 5.74) is 2.29. The lowest BCUT2D eigenvalue weighted by atomic mass is 10.3. The quantitative estimate of drug-likeness (QED) is 0.811. The van der Waals surface area contributed by atoms with Crippen molar-refractivity contribution in [3.8, 4) is 0 Å². The lowest BCUT2D eigenvalue weighted by molar-refractivity contribution is 0.561. The number of imidazole rings is 1. The van der Waals surface area contributed by atoms with Gasteiger partial charge in [0.2, 0.25) is 0 Å². The highest BCUT2D eigenvalue weighted by molar-refractivity contribution is 7.90. The summed E-state index contributed by atoms with van der Waals surface area (Å²) >= 11 is 0. The van der Waals surface area contributed by atoms with E-state index in [1.54, 1.807) is 31.6 Å². The first-order chi connectivity index (χ1) is 8.09. The topological polar surface area (TPSA) is 69.1 Å². The second-order valence-corrected chi connectivity index (χ2v) is 5.94. The molecule has 0 spiro atoms. The number of hydrogen-bond acceptors (Lipinski definition) is 3. The number of hydrogen-bond donors (Lipinski definition) is 1. The summed E-state index contributed by atoms with van der Waals surface area (Å²) in [5.74, 6) is 0. The Morgan fingerprint density at radius 3 is 2.88 bits per heavy atom. The molecular formula is C10H12N4O2S. The maximum atomic E-state index is 12.0. The number of fused-ring (bicyclic) bond motifs is 1. The fourth-order valence-corrected chi connectivity index (χ4v) is 2.97. The van der Waals surface area contributed by atoms with Crippen LogP contribution in [0.1, 0.15) is 0 Å². The van der Waals surface area contributed by atoms with Crippen LogP contribution in [-0.4, -0.2) is 42.8 Å². The SMILES string of the molecule is CN(c1ccc2nc[nH]c2c1)S(=O)(=O)N1CC1. The average Bonchev–Trinajstić information content (AvgIpc) is 3.07. The molecule has 1 aromatic heterocycles. The van der Waals surface area contributed by atoms with Crippen molar-refractivity contribution in [2.45, 2.75) is 0 Å².